The van der Waals surface area contributed by atoms with E-state index in [1.165, 1.54) is 50.5 Å². The van der Waals surface area contributed by atoms with Gasteiger partial charge in [0.1, 0.15) is 0 Å². The summed E-state index contributed by atoms with van der Waals surface area (Å²) in [5, 5.41) is 12.0. The second-order valence-electron chi connectivity index (χ2n) is 15.6. The molecule has 1 N–H and O–H groups in total. The zero-order valence-corrected chi connectivity index (χ0v) is 25.4. The van der Waals surface area contributed by atoms with Crippen LogP contribution in [0.5, 0.6) is 0 Å². The number of rotatable bonds is 5. The molecule has 202 valence electrons. The van der Waals surface area contributed by atoms with E-state index >= 15 is 0 Å². The highest BCUT2D eigenvalue weighted by Gasteiger charge is 2.62. The van der Waals surface area contributed by atoms with Gasteiger partial charge in [0.05, 0.1) is 11.7 Å². The lowest BCUT2D eigenvalue weighted by molar-refractivity contribution is -0.155. The standard InChI is InChI=1S/C33H54O2Si/c1-30(2,3)36(6,7)35-29-16-15-27-26-14-13-25-23-33(34,20-17-24-11-9-8-10-12-24)22-21-31(25,4)28(26)18-19-32(27,29)5/h8-12,25-29,34H,13-23H2,1-7H3/t25?,26-,27-,28+,29?,31-,32-,33?/m0/s1. The molecule has 0 radical (unpaired) electrons. The molecule has 36 heavy (non-hydrogen) atoms. The van der Waals surface area contributed by atoms with Crippen molar-refractivity contribution in [1.29, 1.82) is 0 Å². The topological polar surface area (TPSA) is 29.5 Å². The Kier molecular flexibility index (Phi) is 6.91. The van der Waals surface area contributed by atoms with E-state index in [4.69, 9.17) is 4.43 Å². The van der Waals surface area contributed by atoms with E-state index in [0.717, 1.165) is 43.4 Å². The van der Waals surface area contributed by atoms with Crippen molar-refractivity contribution in [2.24, 2.45) is 34.5 Å². The van der Waals surface area contributed by atoms with Crippen LogP contribution in [0.25, 0.3) is 0 Å². The van der Waals surface area contributed by atoms with Crippen LogP contribution in [-0.4, -0.2) is 25.1 Å². The van der Waals surface area contributed by atoms with Gasteiger partial charge in [0, 0.05) is 0 Å². The summed E-state index contributed by atoms with van der Waals surface area (Å²) in [7, 11) is -1.76. The summed E-state index contributed by atoms with van der Waals surface area (Å²) < 4.78 is 7.14. The third-order valence-electron chi connectivity index (χ3n) is 12.7. The van der Waals surface area contributed by atoms with Crippen molar-refractivity contribution in [1.82, 2.24) is 0 Å². The fraction of sp³-hybridized carbons (Fsp3) is 0.818. The van der Waals surface area contributed by atoms with Gasteiger partial charge >= 0.3 is 0 Å². The Labute approximate surface area is 223 Å². The summed E-state index contributed by atoms with van der Waals surface area (Å²) >= 11 is 0. The molecule has 3 unspecified atom stereocenters. The van der Waals surface area contributed by atoms with Crippen LogP contribution in [0.3, 0.4) is 0 Å². The summed E-state index contributed by atoms with van der Waals surface area (Å²) in [6, 6.07) is 10.8. The lowest BCUT2D eigenvalue weighted by Gasteiger charge is -2.62. The van der Waals surface area contributed by atoms with Crippen molar-refractivity contribution in [2.45, 2.75) is 135 Å². The minimum Gasteiger partial charge on any atom is -0.413 e. The summed E-state index contributed by atoms with van der Waals surface area (Å²) in [4.78, 5) is 0. The molecule has 4 fully saturated rings. The summed E-state index contributed by atoms with van der Waals surface area (Å²) in [6.45, 7) is 17.3. The van der Waals surface area contributed by atoms with Gasteiger partial charge in [-0.1, -0.05) is 65.0 Å². The Bertz CT molecular complexity index is 921. The van der Waals surface area contributed by atoms with Crippen molar-refractivity contribution < 1.29 is 9.53 Å². The van der Waals surface area contributed by atoms with Crippen LogP contribution < -0.4 is 0 Å². The van der Waals surface area contributed by atoms with Crippen LogP contribution in [0.2, 0.25) is 18.1 Å². The molecule has 0 aromatic heterocycles. The number of aryl methyl sites for hydroxylation is 1. The van der Waals surface area contributed by atoms with E-state index < -0.39 is 13.9 Å². The molecule has 4 aliphatic carbocycles. The Hall–Kier alpha value is -0.643. The molecular weight excluding hydrogens is 456 g/mol. The van der Waals surface area contributed by atoms with Gasteiger partial charge < -0.3 is 9.53 Å². The Morgan fingerprint density at radius 3 is 2.28 bits per heavy atom. The molecule has 4 saturated carbocycles. The molecule has 0 amide bonds. The van der Waals surface area contributed by atoms with E-state index in [0.29, 0.717) is 22.9 Å². The van der Waals surface area contributed by atoms with Crippen LogP contribution >= 0.6 is 0 Å². The predicted octanol–water partition coefficient (Wildman–Crippen LogP) is 8.78. The highest BCUT2D eigenvalue weighted by Crippen LogP contribution is 2.67. The first-order valence-electron chi connectivity index (χ1n) is 15.2. The van der Waals surface area contributed by atoms with Gasteiger partial charge in [0.15, 0.2) is 8.32 Å². The molecule has 8 atom stereocenters. The number of benzene rings is 1. The van der Waals surface area contributed by atoms with Crippen molar-refractivity contribution >= 4 is 8.32 Å². The minimum absolute atomic E-state index is 0.281. The molecule has 2 nitrogen and oxygen atoms in total. The second kappa shape index (κ2) is 9.23. The fourth-order valence-corrected chi connectivity index (χ4v) is 10.7. The van der Waals surface area contributed by atoms with E-state index in [-0.39, 0.29) is 5.04 Å². The lowest BCUT2D eigenvalue weighted by Crippen LogP contribution is -2.57. The van der Waals surface area contributed by atoms with E-state index in [1.807, 2.05) is 0 Å². The van der Waals surface area contributed by atoms with Crippen molar-refractivity contribution in [2.75, 3.05) is 0 Å². The average Bonchev–Trinajstić information content (AvgIpc) is 3.14. The quantitative estimate of drug-likeness (QED) is 0.401. The molecule has 1 aromatic carbocycles. The SMILES string of the molecule is CC(C)(C)[Si](C)(C)OC1CC[C@H]2[C@@H]3CCC4CC(O)(CCc5ccccc5)CC[C@]4(C)[C@@H]3CC[C@]12C. The smallest absolute Gasteiger partial charge is 0.192 e. The second-order valence-corrected chi connectivity index (χ2v) is 20.3. The third kappa shape index (κ3) is 4.58. The molecule has 3 heteroatoms. The van der Waals surface area contributed by atoms with Crippen molar-refractivity contribution in [3.63, 3.8) is 0 Å². The zero-order chi connectivity index (χ0) is 26.0. The van der Waals surface area contributed by atoms with Crippen LogP contribution in [0.15, 0.2) is 30.3 Å². The highest BCUT2D eigenvalue weighted by molar-refractivity contribution is 6.74. The van der Waals surface area contributed by atoms with Gasteiger partial charge in [-0.2, -0.15) is 0 Å². The zero-order valence-electron chi connectivity index (χ0n) is 24.4. The number of aliphatic hydroxyl groups is 1. The first-order chi connectivity index (χ1) is 16.8. The molecule has 0 heterocycles. The molecule has 5 rings (SSSR count). The Balaban J connectivity index is 1.27. The first kappa shape index (κ1) is 26.9. The largest absolute Gasteiger partial charge is 0.413 e. The van der Waals surface area contributed by atoms with Gasteiger partial charge in [-0.15, -0.1) is 0 Å². The van der Waals surface area contributed by atoms with Gasteiger partial charge in [0.2, 0.25) is 0 Å². The molecule has 0 spiro atoms. The third-order valence-corrected chi connectivity index (χ3v) is 17.2. The maximum Gasteiger partial charge on any atom is 0.192 e. The first-order valence-corrected chi connectivity index (χ1v) is 18.1. The van der Waals surface area contributed by atoms with Gasteiger partial charge in [-0.25, -0.2) is 0 Å². The Morgan fingerprint density at radius 2 is 1.58 bits per heavy atom. The van der Waals surface area contributed by atoms with Gasteiger partial charge in [-0.05, 0) is 129 Å². The van der Waals surface area contributed by atoms with Gasteiger partial charge in [-0.3, -0.25) is 0 Å². The average molecular weight is 511 g/mol. The number of fused-ring (bicyclic) bond motifs is 5. The van der Waals surface area contributed by atoms with Crippen molar-refractivity contribution in [3.05, 3.63) is 35.9 Å². The van der Waals surface area contributed by atoms with E-state index in [9.17, 15) is 5.11 Å². The van der Waals surface area contributed by atoms with Crippen LogP contribution in [-0.2, 0) is 10.8 Å². The molecule has 1 aromatic rings. The summed E-state index contributed by atoms with van der Waals surface area (Å²) in [6.07, 6.45) is 13.7. The van der Waals surface area contributed by atoms with E-state index in [2.05, 4.69) is 78.0 Å². The summed E-state index contributed by atoms with van der Waals surface area (Å²) in [5.41, 5.74) is 1.68. The molecule has 0 saturated heterocycles. The summed E-state index contributed by atoms with van der Waals surface area (Å²) in [5.74, 6) is 3.24. The molecule has 0 bridgehead atoms. The van der Waals surface area contributed by atoms with Crippen LogP contribution in [0.4, 0.5) is 0 Å². The molecule has 4 aliphatic rings. The van der Waals surface area contributed by atoms with Crippen LogP contribution in [0.1, 0.15) is 104 Å². The number of hydrogen-bond acceptors (Lipinski definition) is 2. The lowest BCUT2D eigenvalue weighted by atomic mass is 9.44. The Morgan fingerprint density at radius 1 is 0.889 bits per heavy atom. The molecule has 0 aliphatic heterocycles. The van der Waals surface area contributed by atoms with E-state index in [1.54, 1.807) is 0 Å². The van der Waals surface area contributed by atoms with Crippen molar-refractivity contribution in [3.8, 4) is 0 Å². The maximum atomic E-state index is 11.7. The maximum absolute atomic E-state index is 11.7. The fourth-order valence-electron chi connectivity index (χ4n) is 9.25. The highest BCUT2D eigenvalue weighted by atomic mass is 28.4. The number of hydrogen-bond donors (Lipinski definition) is 1. The predicted molar refractivity (Wildman–Crippen MR) is 154 cm³/mol. The van der Waals surface area contributed by atoms with Crippen LogP contribution in [0, 0.1) is 34.5 Å². The monoisotopic (exact) mass is 510 g/mol. The molecular formula is C33H54O2Si. The van der Waals surface area contributed by atoms with Gasteiger partial charge in [0.25, 0.3) is 0 Å². The minimum atomic E-state index is -1.76. The normalized spacial score (nSPS) is 42.9.